The first kappa shape index (κ1) is 9.69. The summed E-state index contributed by atoms with van der Waals surface area (Å²) in [6.45, 7) is 1.09. The van der Waals surface area contributed by atoms with E-state index in [-0.39, 0.29) is 6.61 Å². The van der Waals surface area contributed by atoms with Crippen molar-refractivity contribution in [3.8, 4) is 0 Å². The molecule has 0 bridgehead atoms. The van der Waals surface area contributed by atoms with Crippen molar-refractivity contribution in [1.29, 1.82) is 0 Å². The highest BCUT2D eigenvalue weighted by Gasteiger charge is 2.15. The van der Waals surface area contributed by atoms with E-state index in [2.05, 4.69) is 17.4 Å². The highest BCUT2D eigenvalue weighted by Crippen LogP contribution is 2.18. The van der Waals surface area contributed by atoms with Crippen molar-refractivity contribution in [2.45, 2.75) is 38.5 Å². The van der Waals surface area contributed by atoms with Gasteiger partial charge in [-0.15, -0.1) is 0 Å². The largest absolute Gasteiger partial charge is 0.392 e. The van der Waals surface area contributed by atoms with Gasteiger partial charge in [0, 0.05) is 12.6 Å². The van der Waals surface area contributed by atoms with Crippen LogP contribution in [-0.4, -0.2) is 11.1 Å². The second-order valence-corrected chi connectivity index (χ2v) is 3.98. The maximum absolute atomic E-state index is 8.88. The fraction of sp³-hybridized carbons (Fsp3) is 0.500. The Morgan fingerprint density at radius 1 is 1.14 bits per heavy atom. The van der Waals surface area contributed by atoms with Crippen molar-refractivity contribution in [3.63, 3.8) is 0 Å². The Bertz CT molecular complexity index is 277. The van der Waals surface area contributed by atoms with E-state index in [0.29, 0.717) is 0 Å². The molecule has 2 rings (SSSR count). The van der Waals surface area contributed by atoms with Crippen LogP contribution in [0, 0.1) is 0 Å². The van der Waals surface area contributed by atoms with Crippen LogP contribution in [0.3, 0.4) is 0 Å². The van der Waals surface area contributed by atoms with Crippen LogP contribution in [0.25, 0.3) is 0 Å². The Labute approximate surface area is 85.0 Å². The Kier molecular flexibility index (Phi) is 3.17. The zero-order chi connectivity index (χ0) is 9.80. The molecule has 0 unspecified atom stereocenters. The molecule has 2 heteroatoms. The van der Waals surface area contributed by atoms with Crippen LogP contribution in [0.2, 0.25) is 0 Å². The van der Waals surface area contributed by atoms with Crippen LogP contribution in [0.1, 0.15) is 30.4 Å². The maximum atomic E-state index is 8.88. The molecule has 0 amide bonds. The fourth-order valence-corrected chi connectivity index (χ4v) is 1.64. The van der Waals surface area contributed by atoms with Crippen molar-refractivity contribution in [2.24, 2.45) is 0 Å². The SMILES string of the molecule is OCc1ccc(CNC2CCC2)cc1. The lowest BCUT2D eigenvalue weighted by Crippen LogP contribution is -2.34. The summed E-state index contributed by atoms with van der Waals surface area (Å²) < 4.78 is 0. The summed E-state index contributed by atoms with van der Waals surface area (Å²) in [5.74, 6) is 0. The molecular formula is C12H17NO. The van der Waals surface area contributed by atoms with Gasteiger partial charge in [0.2, 0.25) is 0 Å². The summed E-state index contributed by atoms with van der Waals surface area (Å²) in [5, 5.41) is 12.4. The van der Waals surface area contributed by atoms with Crippen molar-refractivity contribution in [1.82, 2.24) is 5.32 Å². The molecule has 0 heterocycles. The van der Waals surface area contributed by atoms with Gasteiger partial charge in [-0.2, -0.15) is 0 Å². The monoisotopic (exact) mass is 191 g/mol. The summed E-state index contributed by atoms with van der Waals surface area (Å²) in [5.41, 5.74) is 2.28. The molecule has 0 spiro atoms. The molecular weight excluding hydrogens is 174 g/mol. The number of nitrogens with one attached hydrogen (secondary N) is 1. The lowest BCUT2D eigenvalue weighted by atomic mass is 9.93. The third kappa shape index (κ3) is 2.34. The third-order valence-corrected chi connectivity index (χ3v) is 2.91. The molecule has 1 saturated carbocycles. The van der Waals surface area contributed by atoms with E-state index in [0.717, 1.165) is 18.2 Å². The van der Waals surface area contributed by atoms with Crippen molar-refractivity contribution < 1.29 is 5.11 Å². The van der Waals surface area contributed by atoms with Gasteiger partial charge in [0.05, 0.1) is 6.61 Å². The Hall–Kier alpha value is -0.860. The van der Waals surface area contributed by atoms with Gasteiger partial charge in [-0.3, -0.25) is 0 Å². The number of hydrogen-bond acceptors (Lipinski definition) is 2. The van der Waals surface area contributed by atoms with Gasteiger partial charge in [-0.25, -0.2) is 0 Å². The molecule has 76 valence electrons. The summed E-state index contributed by atoms with van der Waals surface area (Å²) in [6, 6.07) is 8.87. The molecule has 0 radical (unpaired) electrons. The van der Waals surface area contributed by atoms with Gasteiger partial charge in [-0.05, 0) is 24.0 Å². The molecule has 0 atom stereocenters. The highest BCUT2D eigenvalue weighted by atomic mass is 16.3. The van der Waals surface area contributed by atoms with Crippen LogP contribution in [-0.2, 0) is 13.2 Å². The number of rotatable bonds is 4. The molecule has 0 aliphatic heterocycles. The Morgan fingerprint density at radius 2 is 1.79 bits per heavy atom. The zero-order valence-corrected chi connectivity index (χ0v) is 8.37. The lowest BCUT2D eigenvalue weighted by Gasteiger charge is -2.26. The normalized spacial score (nSPS) is 16.6. The minimum atomic E-state index is 0.135. The molecule has 2 N–H and O–H groups in total. The first-order chi connectivity index (χ1) is 6.88. The predicted octanol–water partition coefficient (Wildman–Crippen LogP) is 1.82. The molecule has 1 aliphatic rings. The Balaban J connectivity index is 1.83. The van der Waals surface area contributed by atoms with E-state index in [1.54, 1.807) is 0 Å². The van der Waals surface area contributed by atoms with Crippen LogP contribution < -0.4 is 5.32 Å². The van der Waals surface area contributed by atoms with Crippen molar-refractivity contribution in [2.75, 3.05) is 0 Å². The summed E-state index contributed by atoms with van der Waals surface area (Å²) >= 11 is 0. The third-order valence-electron chi connectivity index (χ3n) is 2.91. The van der Waals surface area contributed by atoms with Crippen LogP contribution in [0.4, 0.5) is 0 Å². The molecule has 1 aromatic rings. The van der Waals surface area contributed by atoms with Gasteiger partial charge in [0.1, 0.15) is 0 Å². The lowest BCUT2D eigenvalue weighted by molar-refractivity contribution is 0.282. The van der Waals surface area contributed by atoms with Crippen LogP contribution >= 0.6 is 0 Å². The second kappa shape index (κ2) is 4.58. The molecule has 1 fully saturated rings. The smallest absolute Gasteiger partial charge is 0.0681 e. The quantitative estimate of drug-likeness (QED) is 0.761. The van der Waals surface area contributed by atoms with E-state index < -0.39 is 0 Å². The van der Waals surface area contributed by atoms with Gasteiger partial charge in [0.25, 0.3) is 0 Å². The second-order valence-electron chi connectivity index (χ2n) is 3.98. The van der Waals surface area contributed by atoms with Gasteiger partial charge in [-0.1, -0.05) is 30.7 Å². The first-order valence-corrected chi connectivity index (χ1v) is 5.30. The minimum Gasteiger partial charge on any atom is -0.392 e. The van der Waals surface area contributed by atoms with Crippen molar-refractivity contribution in [3.05, 3.63) is 35.4 Å². The van der Waals surface area contributed by atoms with Crippen molar-refractivity contribution >= 4 is 0 Å². The van der Waals surface area contributed by atoms with E-state index in [1.807, 2.05) is 12.1 Å². The average molecular weight is 191 g/mol. The molecule has 0 aromatic heterocycles. The van der Waals surface area contributed by atoms with E-state index in [1.165, 1.54) is 24.8 Å². The standard InChI is InChI=1S/C12H17NO/c14-9-11-6-4-10(5-7-11)8-13-12-2-1-3-12/h4-7,12-14H,1-3,8-9H2. The number of aliphatic hydroxyl groups excluding tert-OH is 1. The van der Waals surface area contributed by atoms with Gasteiger partial charge in [0.15, 0.2) is 0 Å². The molecule has 1 aromatic carbocycles. The van der Waals surface area contributed by atoms with E-state index in [4.69, 9.17) is 5.11 Å². The van der Waals surface area contributed by atoms with Gasteiger partial charge < -0.3 is 10.4 Å². The van der Waals surface area contributed by atoms with Crippen LogP contribution in [0.15, 0.2) is 24.3 Å². The maximum Gasteiger partial charge on any atom is 0.0681 e. The molecule has 1 aliphatic carbocycles. The number of hydrogen-bond donors (Lipinski definition) is 2. The Morgan fingerprint density at radius 3 is 2.29 bits per heavy atom. The molecule has 2 nitrogen and oxygen atoms in total. The van der Waals surface area contributed by atoms with E-state index in [9.17, 15) is 0 Å². The van der Waals surface area contributed by atoms with Gasteiger partial charge >= 0.3 is 0 Å². The highest BCUT2D eigenvalue weighted by molar-refractivity contribution is 5.21. The average Bonchev–Trinajstić information content (AvgIpc) is 2.16. The number of benzene rings is 1. The van der Waals surface area contributed by atoms with Crippen LogP contribution in [0.5, 0.6) is 0 Å². The van der Waals surface area contributed by atoms with E-state index >= 15 is 0 Å². The first-order valence-electron chi connectivity index (χ1n) is 5.30. The molecule has 0 saturated heterocycles. The summed E-state index contributed by atoms with van der Waals surface area (Å²) in [7, 11) is 0. The molecule has 14 heavy (non-hydrogen) atoms. The number of aliphatic hydroxyl groups is 1. The summed E-state index contributed by atoms with van der Waals surface area (Å²) in [6.07, 6.45) is 4.03. The topological polar surface area (TPSA) is 32.3 Å². The fourth-order valence-electron chi connectivity index (χ4n) is 1.64. The summed E-state index contributed by atoms with van der Waals surface area (Å²) in [4.78, 5) is 0. The predicted molar refractivity (Wildman–Crippen MR) is 56.8 cm³/mol. The minimum absolute atomic E-state index is 0.135. The zero-order valence-electron chi connectivity index (χ0n) is 8.37.